The van der Waals surface area contributed by atoms with Crippen molar-refractivity contribution in [3.63, 3.8) is 0 Å². The number of fused-ring (bicyclic) bond motifs is 1. The van der Waals surface area contributed by atoms with E-state index >= 15 is 0 Å². The second-order valence-electron chi connectivity index (χ2n) is 7.59. The van der Waals surface area contributed by atoms with Gasteiger partial charge >= 0.3 is 5.97 Å². The van der Waals surface area contributed by atoms with Crippen LogP contribution in [0.2, 0.25) is 0 Å². The number of carboxylic acids is 1. The number of amides is 1. The van der Waals surface area contributed by atoms with Crippen molar-refractivity contribution >= 4 is 38.7 Å². The van der Waals surface area contributed by atoms with E-state index in [1.807, 2.05) is 18.2 Å². The number of hydrogen-bond acceptors (Lipinski definition) is 4. The highest BCUT2D eigenvalue weighted by atomic mass is 79.9. The highest BCUT2D eigenvalue weighted by Crippen LogP contribution is 2.28. The fourth-order valence-electron chi connectivity index (χ4n) is 3.65. The molecule has 4 aromatic rings. The smallest absolute Gasteiger partial charge is 0.323 e. The van der Waals surface area contributed by atoms with E-state index in [1.54, 1.807) is 49.6 Å². The van der Waals surface area contributed by atoms with Gasteiger partial charge in [0.1, 0.15) is 18.1 Å². The standard InChI is InChI=1S/C26H20BrFN2O4/c1-34-19-10-7-16(8-11-19)24-13-21(20-4-2-3-5-23(20)29-24)26(33)30(15-25(31)32)14-17-6-9-18(27)12-22(17)28/h2-13H,14-15H2,1H3,(H,31,32). The van der Waals surface area contributed by atoms with Crippen LogP contribution in [0.15, 0.2) is 77.3 Å². The first kappa shape index (κ1) is 23.4. The van der Waals surface area contributed by atoms with Crippen LogP contribution in [0.3, 0.4) is 0 Å². The van der Waals surface area contributed by atoms with Crippen molar-refractivity contribution in [2.24, 2.45) is 0 Å². The van der Waals surface area contributed by atoms with Crippen LogP contribution in [0.4, 0.5) is 4.39 Å². The van der Waals surface area contributed by atoms with Crippen molar-refractivity contribution in [1.29, 1.82) is 0 Å². The molecular weight excluding hydrogens is 503 g/mol. The Hall–Kier alpha value is -3.78. The summed E-state index contributed by atoms with van der Waals surface area (Å²) in [6.45, 7) is -0.776. The van der Waals surface area contributed by atoms with Crippen LogP contribution in [0.25, 0.3) is 22.2 Å². The highest BCUT2D eigenvalue weighted by Gasteiger charge is 2.23. The number of methoxy groups -OCH3 is 1. The minimum Gasteiger partial charge on any atom is -0.497 e. The van der Waals surface area contributed by atoms with Gasteiger partial charge in [0.15, 0.2) is 0 Å². The lowest BCUT2D eigenvalue weighted by Crippen LogP contribution is -2.35. The van der Waals surface area contributed by atoms with Crippen LogP contribution in [0.5, 0.6) is 5.75 Å². The third kappa shape index (κ3) is 5.07. The summed E-state index contributed by atoms with van der Waals surface area (Å²) in [6.07, 6.45) is 0. The Morgan fingerprint density at radius 2 is 1.79 bits per heavy atom. The van der Waals surface area contributed by atoms with Crippen LogP contribution >= 0.6 is 15.9 Å². The Morgan fingerprint density at radius 1 is 1.06 bits per heavy atom. The number of nitrogens with zero attached hydrogens (tertiary/aromatic N) is 2. The topological polar surface area (TPSA) is 79.7 Å². The first-order chi connectivity index (χ1) is 16.4. The molecule has 1 N–H and O–H groups in total. The van der Waals surface area contributed by atoms with Crippen molar-refractivity contribution in [2.45, 2.75) is 6.54 Å². The SMILES string of the molecule is COc1ccc(-c2cc(C(=O)N(CC(=O)O)Cc3ccc(Br)cc3F)c3ccccc3n2)cc1. The lowest BCUT2D eigenvalue weighted by molar-refractivity contribution is -0.137. The lowest BCUT2D eigenvalue weighted by Gasteiger charge is -2.22. The molecule has 0 aliphatic rings. The molecule has 0 unspecified atom stereocenters. The molecule has 0 fully saturated rings. The van der Waals surface area contributed by atoms with Gasteiger partial charge in [-0.15, -0.1) is 0 Å². The molecule has 34 heavy (non-hydrogen) atoms. The van der Waals surface area contributed by atoms with Crippen LogP contribution in [-0.2, 0) is 11.3 Å². The molecule has 1 aromatic heterocycles. The first-order valence-electron chi connectivity index (χ1n) is 10.3. The number of carboxylic acid groups (broad SMARTS) is 1. The minimum absolute atomic E-state index is 0.196. The normalized spacial score (nSPS) is 10.8. The van der Waals surface area contributed by atoms with E-state index in [4.69, 9.17) is 4.74 Å². The van der Waals surface area contributed by atoms with Gasteiger partial charge in [-0.25, -0.2) is 9.37 Å². The molecule has 1 amide bonds. The zero-order chi connectivity index (χ0) is 24.2. The van der Waals surface area contributed by atoms with Gasteiger partial charge in [-0.2, -0.15) is 0 Å². The maximum atomic E-state index is 14.5. The van der Waals surface area contributed by atoms with Crippen molar-refractivity contribution in [1.82, 2.24) is 9.88 Å². The molecule has 172 valence electrons. The van der Waals surface area contributed by atoms with Gasteiger partial charge in [0.05, 0.1) is 23.9 Å². The number of para-hydroxylation sites is 1. The third-order valence-electron chi connectivity index (χ3n) is 5.32. The number of rotatable bonds is 7. The summed E-state index contributed by atoms with van der Waals surface area (Å²) in [6, 6.07) is 20.5. The summed E-state index contributed by atoms with van der Waals surface area (Å²) in [7, 11) is 1.57. The van der Waals surface area contributed by atoms with Crippen LogP contribution in [-0.4, -0.2) is 40.5 Å². The van der Waals surface area contributed by atoms with Crippen LogP contribution in [0, 0.1) is 5.82 Å². The molecule has 0 spiro atoms. The van der Waals surface area contributed by atoms with Crippen molar-refractivity contribution < 1.29 is 23.8 Å². The molecule has 8 heteroatoms. The summed E-state index contributed by atoms with van der Waals surface area (Å²) in [5.74, 6) is -1.57. The molecule has 0 aliphatic carbocycles. The van der Waals surface area contributed by atoms with E-state index in [9.17, 15) is 19.1 Å². The average Bonchev–Trinajstić information content (AvgIpc) is 2.84. The molecule has 6 nitrogen and oxygen atoms in total. The van der Waals surface area contributed by atoms with Gasteiger partial charge in [0.25, 0.3) is 5.91 Å². The van der Waals surface area contributed by atoms with Crippen molar-refractivity contribution in [3.8, 4) is 17.0 Å². The fourth-order valence-corrected chi connectivity index (χ4v) is 3.98. The number of hydrogen-bond donors (Lipinski definition) is 1. The molecule has 0 saturated carbocycles. The molecule has 0 atom stereocenters. The summed E-state index contributed by atoms with van der Waals surface area (Å²) in [5, 5.41) is 10.0. The number of carbonyl (C=O) groups excluding carboxylic acids is 1. The Balaban J connectivity index is 1.79. The zero-order valence-electron chi connectivity index (χ0n) is 18.2. The predicted octanol–water partition coefficient (Wildman–Crippen LogP) is 5.54. The number of ether oxygens (including phenoxy) is 1. The number of pyridine rings is 1. The molecule has 0 aliphatic heterocycles. The molecule has 0 bridgehead atoms. The largest absolute Gasteiger partial charge is 0.497 e. The van der Waals surface area contributed by atoms with Crippen molar-refractivity contribution in [3.05, 3.63) is 94.2 Å². The monoisotopic (exact) mass is 522 g/mol. The Morgan fingerprint density at radius 3 is 2.47 bits per heavy atom. The summed E-state index contributed by atoms with van der Waals surface area (Å²) in [4.78, 5) is 31.0. The highest BCUT2D eigenvalue weighted by molar-refractivity contribution is 9.10. The van der Waals surface area contributed by atoms with E-state index in [2.05, 4.69) is 20.9 Å². The number of halogens is 2. The van der Waals surface area contributed by atoms with E-state index in [0.717, 1.165) is 10.5 Å². The molecular formula is C26H20BrFN2O4. The molecule has 0 saturated heterocycles. The van der Waals surface area contributed by atoms with E-state index in [-0.39, 0.29) is 17.7 Å². The molecule has 0 radical (unpaired) electrons. The second kappa shape index (κ2) is 10.0. The summed E-state index contributed by atoms with van der Waals surface area (Å²) >= 11 is 3.21. The number of aromatic nitrogens is 1. The summed E-state index contributed by atoms with van der Waals surface area (Å²) < 4.78 is 20.2. The maximum absolute atomic E-state index is 14.5. The van der Waals surface area contributed by atoms with Crippen molar-refractivity contribution in [2.75, 3.05) is 13.7 Å². The Labute approximate surface area is 203 Å². The number of benzene rings is 3. The van der Waals surface area contributed by atoms with Crippen LogP contribution < -0.4 is 4.74 Å². The maximum Gasteiger partial charge on any atom is 0.323 e. The van der Waals surface area contributed by atoms with E-state index < -0.39 is 24.2 Å². The van der Waals surface area contributed by atoms with Gasteiger partial charge in [-0.1, -0.05) is 40.2 Å². The van der Waals surface area contributed by atoms with Gasteiger partial charge in [-0.05, 0) is 48.5 Å². The molecule has 1 heterocycles. The molecule has 3 aromatic carbocycles. The summed E-state index contributed by atoms with van der Waals surface area (Å²) in [5.41, 5.74) is 2.41. The Kier molecular flexibility index (Phi) is 6.88. The van der Waals surface area contributed by atoms with Gasteiger partial charge in [0, 0.05) is 27.5 Å². The first-order valence-corrected chi connectivity index (χ1v) is 11.1. The minimum atomic E-state index is -1.19. The number of carbonyl (C=O) groups is 2. The average molecular weight is 523 g/mol. The lowest BCUT2D eigenvalue weighted by atomic mass is 10.0. The van der Waals surface area contributed by atoms with Crippen LogP contribution in [0.1, 0.15) is 15.9 Å². The van der Waals surface area contributed by atoms with E-state index in [1.165, 1.54) is 12.1 Å². The van der Waals surface area contributed by atoms with Gasteiger partial charge in [-0.3, -0.25) is 9.59 Å². The Bertz CT molecular complexity index is 1380. The molecule has 4 rings (SSSR count). The fraction of sp³-hybridized carbons (Fsp3) is 0.115. The second-order valence-corrected chi connectivity index (χ2v) is 8.51. The van der Waals surface area contributed by atoms with E-state index in [0.29, 0.717) is 26.8 Å². The van der Waals surface area contributed by atoms with Gasteiger partial charge in [0.2, 0.25) is 0 Å². The predicted molar refractivity (Wildman–Crippen MR) is 130 cm³/mol. The quantitative estimate of drug-likeness (QED) is 0.344. The third-order valence-corrected chi connectivity index (χ3v) is 5.82. The number of aliphatic carboxylic acids is 1. The zero-order valence-corrected chi connectivity index (χ0v) is 19.8. The van der Waals surface area contributed by atoms with Gasteiger partial charge < -0.3 is 14.7 Å².